The maximum atomic E-state index is 13.7. The molecular weight excluding hydrogens is 798 g/mol. The topological polar surface area (TPSA) is 201 Å². The van der Waals surface area contributed by atoms with Gasteiger partial charge in [-0.1, -0.05) is 35.4 Å². The molecule has 0 saturated carbocycles. The molecule has 0 aliphatic carbocycles. The van der Waals surface area contributed by atoms with Crippen LogP contribution < -0.4 is 13.6 Å². The summed E-state index contributed by atoms with van der Waals surface area (Å²) >= 11 is 0. The second-order valence-electron chi connectivity index (χ2n) is 11.2. The van der Waals surface area contributed by atoms with E-state index >= 15 is 0 Å². The van der Waals surface area contributed by atoms with Crippen LogP contribution in [0.5, 0.6) is 17.2 Å². The molecule has 0 aliphatic rings. The molecule has 0 radical (unpaired) electrons. The number of halogens is 1. The largest absolute Gasteiger partial charge is 0.495 e. The molecular formula is C33H28ClNO12S5. The normalized spacial score (nSPS) is 12.7. The summed E-state index contributed by atoms with van der Waals surface area (Å²) in [4.78, 5) is -3.20. The van der Waals surface area contributed by atoms with Gasteiger partial charge in [-0.2, -0.15) is 0 Å². The second-order valence-corrected chi connectivity index (χ2v) is 21.2. The zero-order valence-electron chi connectivity index (χ0n) is 27.2. The van der Waals surface area contributed by atoms with Crippen molar-refractivity contribution in [2.24, 2.45) is 0 Å². The van der Waals surface area contributed by atoms with E-state index in [2.05, 4.69) is 0 Å². The Bertz CT molecular complexity index is 2740. The van der Waals surface area contributed by atoms with Gasteiger partial charge in [0.2, 0.25) is 19.7 Å². The van der Waals surface area contributed by atoms with Gasteiger partial charge in [0.1, 0.15) is 27.0 Å². The van der Waals surface area contributed by atoms with E-state index in [1.807, 2.05) is 0 Å². The predicted molar refractivity (Wildman–Crippen MR) is 190 cm³/mol. The number of methoxy groups -OCH3 is 1. The van der Waals surface area contributed by atoms with Crippen molar-refractivity contribution in [2.45, 2.75) is 48.1 Å². The van der Waals surface area contributed by atoms with Gasteiger partial charge in [0, 0.05) is 10.7 Å². The third kappa shape index (κ3) is 8.17. The molecule has 0 amide bonds. The van der Waals surface area contributed by atoms with Gasteiger partial charge in [-0.25, -0.2) is 42.1 Å². The molecule has 52 heavy (non-hydrogen) atoms. The van der Waals surface area contributed by atoms with Crippen LogP contribution in [0.25, 0.3) is 0 Å². The maximum Gasteiger partial charge on any atom is 0.265 e. The maximum absolute atomic E-state index is 13.7. The third-order valence-corrected chi connectivity index (χ3v) is 15.9. The number of ether oxygens (including phenoxy) is 2. The smallest absolute Gasteiger partial charge is 0.265 e. The van der Waals surface area contributed by atoms with Crippen LogP contribution in [-0.2, 0) is 48.8 Å². The monoisotopic (exact) mass is 825 g/mol. The second kappa shape index (κ2) is 14.3. The quantitative estimate of drug-likeness (QED) is 0.158. The Morgan fingerprint density at radius 2 is 0.885 bits per heavy atom. The van der Waals surface area contributed by atoms with Crippen LogP contribution in [0.3, 0.4) is 0 Å². The lowest BCUT2D eigenvalue weighted by Gasteiger charge is -2.15. The fraction of sp³-hybridized carbons (Fsp3) is 0.0909. The molecule has 0 saturated heterocycles. The Labute approximate surface area is 306 Å². The summed E-state index contributed by atoms with van der Waals surface area (Å²) in [5.74, 6) is -0.816. The van der Waals surface area contributed by atoms with E-state index in [4.69, 9.17) is 20.2 Å². The molecule has 274 valence electrons. The van der Waals surface area contributed by atoms with Crippen molar-refractivity contribution in [1.29, 1.82) is 0 Å². The van der Waals surface area contributed by atoms with E-state index in [0.717, 1.165) is 66.2 Å². The molecule has 0 aromatic heterocycles. The van der Waals surface area contributed by atoms with Crippen LogP contribution in [-0.4, -0.2) is 49.2 Å². The van der Waals surface area contributed by atoms with Crippen LogP contribution in [0.1, 0.15) is 11.1 Å². The Hall–Kier alpha value is -4.30. The molecule has 0 fully saturated rings. The molecule has 5 rings (SSSR count). The molecule has 13 nitrogen and oxygen atoms in total. The summed E-state index contributed by atoms with van der Waals surface area (Å²) in [5, 5.41) is 0. The molecule has 0 atom stereocenters. The average Bonchev–Trinajstić information content (AvgIpc) is 3.08. The van der Waals surface area contributed by atoms with Gasteiger partial charge in [-0.3, -0.25) is 0 Å². The molecule has 5 aromatic rings. The summed E-state index contributed by atoms with van der Waals surface area (Å²) in [6.07, 6.45) is 0. The number of aryl methyl sites for hydroxylation is 2. The van der Waals surface area contributed by atoms with Gasteiger partial charge >= 0.3 is 0 Å². The number of sulfone groups is 2. The Morgan fingerprint density at radius 1 is 0.481 bits per heavy atom. The van der Waals surface area contributed by atoms with Gasteiger partial charge in [0.15, 0.2) is 0 Å². The minimum atomic E-state index is -5.08. The lowest BCUT2D eigenvalue weighted by atomic mass is 10.2. The van der Waals surface area contributed by atoms with Gasteiger partial charge in [-0.15, -0.1) is 4.13 Å². The van der Waals surface area contributed by atoms with Crippen LogP contribution in [0, 0.1) is 13.8 Å². The van der Waals surface area contributed by atoms with Gasteiger partial charge in [-0.05, 0) is 98.8 Å². The van der Waals surface area contributed by atoms with Crippen molar-refractivity contribution in [3.63, 3.8) is 0 Å². The molecule has 0 bridgehead atoms. The summed E-state index contributed by atoms with van der Waals surface area (Å²) in [6.45, 7) is 3.45. The molecule has 5 aromatic carbocycles. The molecule has 1 N–H and O–H groups in total. The molecule has 0 unspecified atom stereocenters. The van der Waals surface area contributed by atoms with Crippen molar-refractivity contribution in [1.82, 2.24) is 4.13 Å². The Morgan fingerprint density at radius 3 is 1.35 bits per heavy atom. The first kappa shape index (κ1) is 38.9. The fourth-order valence-corrected chi connectivity index (χ4v) is 11.5. The van der Waals surface area contributed by atoms with Gasteiger partial charge in [0.25, 0.3) is 29.1 Å². The first-order valence-corrected chi connectivity index (χ1v) is 22.9. The lowest BCUT2D eigenvalue weighted by Crippen LogP contribution is -2.31. The average molecular weight is 826 g/mol. The number of rotatable bonds is 12. The van der Waals surface area contributed by atoms with Gasteiger partial charge in [0.05, 0.1) is 31.6 Å². The van der Waals surface area contributed by atoms with E-state index in [1.54, 1.807) is 30.1 Å². The van der Waals surface area contributed by atoms with E-state index in [0.29, 0.717) is 5.56 Å². The molecule has 0 heterocycles. The van der Waals surface area contributed by atoms with Crippen molar-refractivity contribution >= 4 is 59.5 Å². The number of hydrogen-bond donors (Lipinski definition) is 1. The highest BCUT2D eigenvalue weighted by atomic mass is 35.7. The van der Waals surface area contributed by atoms with Crippen LogP contribution in [0.2, 0.25) is 0 Å². The zero-order valence-corrected chi connectivity index (χ0v) is 32.0. The number of benzene rings is 5. The first-order chi connectivity index (χ1) is 24.1. The van der Waals surface area contributed by atoms with Crippen molar-refractivity contribution in [2.75, 3.05) is 7.11 Å². The number of nitrogens with one attached hydrogen (secondary N) is 1. The van der Waals surface area contributed by atoms with Crippen LogP contribution in [0.15, 0.2) is 143 Å². The van der Waals surface area contributed by atoms with Crippen LogP contribution >= 0.6 is 10.7 Å². The van der Waals surface area contributed by atoms with Crippen LogP contribution in [0.4, 0.5) is 0 Å². The van der Waals surface area contributed by atoms with E-state index < -0.39 is 74.1 Å². The minimum Gasteiger partial charge on any atom is -0.495 e. The Kier molecular flexibility index (Phi) is 10.7. The highest BCUT2D eigenvalue weighted by Crippen LogP contribution is 2.36. The predicted octanol–water partition coefficient (Wildman–Crippen LogP) is 5.36. The minimum absolute atomic E-state index is 0.135. The van der Waals surface area contributed by atoms with Crippen molar-refractivity contribution in [3.8, 4) is 17.2 Å². The van der Waals surface area contributed by atoms with E-state index in [1.165, 1.54) is 43.5 Å². The number of sulfonamides is 2. The van der Waals surface area contributed by atoms with E-state index in [-0.39, 0.29) is 26.2 Å². The van der Waals surface area contributed by atoms with Crippen molar-refractivity contribution < 1.29 is 51.6 Å². The fourth-order valence-electron chi connectivity index (χ4n) is 4.72. The van der Waals surface area contributed by atoms with Crippen molar-refractivity contribution in [3.05, 3.63) is 120 Å². The first-order valence-electron chi connectivity index (χ1n) is 14.6. The summed E-state index contributed by atoms with van der Waals surface area (Å²) < 4.78 is 144. The highest BCUT2D eigenvalue weighted by molar-refractivity contribution is 8.13. The molecule has 0 aliphatic heterocycles. The SMILES string of the molecule is COc1ccc(S(=O)(=O)c2ccc(Oc3ccc(S(=O)(=O)c4ccc(C)cc4)cc3S(=O)(=O)NS(=O)(=O)c3ccc(C)cc3)cc2)cc1S(=O)(=O)Cl. The number of hydrogen-bond acceptors (Lipinski definition) is 12. The summed E-state index contributed by atoms with van der Waals surface area (Å²) in [5.41, 5.74) is 1.48. The zero-order chi connectivity index (χ0) is 38.3. The standard InChI is InChI=1S/C33H28ClNO12S5/c1-22-4-10-25(11-5-22)48(36,37)29-17-19-31(33(21-29)52(44,45)35-51(42,43)27-12-6-23(2)7-13-27)47-24-8-14-26(15-9-24)49(38,39)28-16-18-30(46-3)32(20-28)50(34,40)41/h4-21,35H,1-3H3. The molecule has 0 spiro atoms. The lowest BCUT2D eigenvalue weighted by molar-refractivity contribution is 0.402. The summed E-state index contributed by atoms with van der Waals surface area (Å²) in [7, 11) is -16.2. The summed E-state index contributed by atoms with van der Waals surface area (Å²) in [6, 6.07) is 21.5. The highest BCUT2D eigenvalue weighted by Gasteiger charge is 2.31. The Balaban J connectivity index is 1.55. The molecule has 19 heteroatoms. The van der Waals surface area contributed by atoms with E-state index in [9.17, 15) is 42.1 Å². The van der Waals surface area contributed by atoms with Gasteiger partial charge < -0.3 is 9.47 Å². The third-order valence-electron chi connectivity index (χ3n) is 7.47.